The van der Waals surface area contributed by atoms with Gasteiger partial charge in [0.25, 0.3) is 0 Å². The predicted molar refractivity (Wildman–Crippen MR) is 270 cm³/mol. The van der Waals surface area contributed by atoms with Crippen LogP contribution < -0.4 is 0 Å². The standard InChI is InChI=1S/C57H102O6/c1-4-7-10-13-16-19-22-25-27-28-29-30-31-33-35-38-41-44-47-50-56(59)62-53-54(52-61-55(58)49-46-43-40-37-34-24-21-18-15-12-9-6-3)63-57(60)51-48-45-42-39-36-32-26-23-20-17-14-11-8-5-2/h8,11,16-17,19-20,22,25,54H,4-7,9-10,12-15,18,21,23-24,26-53H2,1-3H3/b11-8-,19-16-,20-17-,25-22-. The van der Waals surface area contributed by atoms with Crippen LogP contribution in [0.4, 0.5) is 0 Å². The van der Waals surface area contributed by atoms with Gasteiger partial charge in [-0.1, -0.05) is 236 Å². The van der Waals surface area contributed by atoms with E-state index in [4.69, 9.17) is 14.2 Å². The highest BCUT2D eigenvalue weighted by Crippen LogP contribution is 2.16. The number of hydrogen-bond acceptors (Lipinski definition) is 6. The van der Waals surface area contributed by atoms with Crippen molar-refractivity contribution in [3.8, 4) is 0 Å². The van der Waals surface area contributed by atoms with Crippen molar-refractivity contribution in [1.29, 1.82) is 0 Å². The number of allylic oxidation sites excluding steroid dienone is 8. The number of rotatable bonds is 49. The Bertz CT molecular complexity index is 1110. The molecule has 0 fully saturated rings. The summed E-state index contributed by atoms with van der Waals surface area (Å²) in [6, 6.07) is 0. The van der Waals surface area contributed by atoms with Gasteiger partial charge in [0.2, 0.25) is 0 Å². The van der Waals surface area contributed by atoms with Crippen LogP contribution in [0.1, 0.15) is 278 Å². The largest absolute Gasteiger partial charge is 0.462 e. The number of esters is 3. The Kier molecular flexibility index (Phi) is 49.8. The lowest BCUT2D eigenvalue weighted by atomic mass is 10.0. The lowest BCUT2D eigenvalue weighted by Crippen LogP contribution is -2.30. The third-order valence-electron chi connectivity index (χ3n) is 11.8. The summed E-state index contributed by atoms with van der Waals surface area (Å²) in [4.78, 5) is 38.0. The summed E-state index contributed by atoms with van der Waals surface area (Å²) in [6.45, 7) is 6.52. The number of unbranched alkanes of at least 4 members (excludes halogenated alkanes) is 31. The molecule has 0 radical (unpaired) electrons. The van der Waals surface area contributed by atoms with Gasteiger partial charge in [-0.05, 0) is 70.6 Å². The lowest BCUT2D eigenvalue weighted by Gasteiger charge is -2.18. The van der Waals surface area contributed by atoms with Gasteiger partial charge in [-0.25, -0.2) is 0 Å². The second-order valence-corrected chi connectivity index (χ2v) is 18.1. The van der Waals surface area contributed by atoms with Crippen LogP contribution in [-0.2, 0) is 28.6 Å². The minimum atomic E-state index is -0.775. The first-order valence-corrected chi connectivity index (χ1v) is 27.2. The fraction of sp³-hybridized carbons (Fsp3) is 0.807. The number of carbonyl (C=O) groups excluding carboxylic acids is 3. The van der Waals surface area contributed by atoms with Gasteiger partial charge in [-0.2, -0.15) is 0 Å². The van der Waals surface area contributed by atoms with Crippen molar-refractivity contribution in [2.45, 2.75) is 284 Å². The fourth-order valence-electron chi connectivity index (χ4n) is 7.77. The molecule has 0 aromatic rings. The molecule has 0 aliphatic heterocycles. The molecule has 0 spiro atoms. The lowest BCUT2D eigenvalue weighted by molar-refractivity contribution is -0.167. The van der Waals surface area contributed by atoms with Gasteiger partial charge in [0.05, 0.1) is 0 Å². The van der Waals surface area contributed by atoms with Crippen LogP contribution in [0.3, 0.4) is 0 Å². The van der Waals surface area contributed by atoms with E-state index >= 15 is 0 Å². The molecule has 0 bridgehead atoms. The molecule has 6 nitrogen and oxygen atoms in total. The average Bonchev–Trinajstić information content (AvgIpc) is 3.28. The normalized spacial score (nSPS) is 12.4. The Hall–Kier alpha value is -2.63. The molecular weight excluding hydrogens is 781 g/mol. The molecule has 63 heavy (non-hydrogen) atoms. The molecule has 0 heterocycles. The van der Waals surface area contributed by atoms with Crippen molar-refractivity contribution in [2.24, 2.45) is 0 Å². The second-order valence-electron chi connectivity index (χ2n) is 18.1. The molecule has 0 aromatic heterocycles. The molecule has 1 unspecified atom stereocenters. The Morgan fingerprint density at radius 2 is 0.667 bits per heavy atom. The van der Waals surface area contributed by atoms with E-state index in [9.17, 15) is 14.4 Å². The zero-order chi connectivity index (χ0) is 45.8. The Labute approximate surface area is 390 Å². The average molecular weight is 883 g/mol. The molecule has 0 saturated carbocycles. The van der Waals surface area contributed by atoms with Crippen molar-refractivity contribution in [3.05, 3.63) is 48.6 Å². The van der Waals surface area contributed by atoms with Gasteiger partial charge in [0, 0.05) is 19.3 Å². The second kappa shape index (κ2) is 52.0. The molecular formula is C57H102O6. The van der Waals surface area contributed by atoms with Crippen LogP contribution in [0.25, 0.3) is 0 Å². The first kappa shape index (κ1) is 60.4. The number of ether oxygens (including phenoxy) is 3. The highest BCUT2D eigenvalue weighted by molar-refractivity contribution is 5.71. The molecule has 0 saturated heterocycles. The predicted octanol–water partition coefficient (Wildman–Crippen LogP) is 17.9. The van der Waals surface area contributed by atoms with E-state index in [1.165, 1.54) is 161 Å². The first-order chi connectivity index (χ1) is 31.0. The van der Waals surface area contributed by atoms with Crippen molar-refractivity contribution >= 4 is 17.9 Å². The van der Waals surface area contributed by atoms with Crippen molar-refractivity contribution in [1.82, 2.24) is 0 Å². The van der Waals surface area contributed by atoms with E-state index in [2.05, 4.69) is 69.4 Å². The van der Waals surface area contributed by atoms with E-state index in [0.29, 0.717) is 19.3 Å². The Balaban J connectivity index is 4.33. The minimum Gasteiger partial charge on any atom is -0.462 e. The van der Waals surface area contributed by atoms with E-state index in [1.54, 1.807) is 0 Å². The van der Waals surface area contributed by atoms with Crippen LogP contribution in [-0.4, -0.2) is 37.2 Å². The van der Waals surface area contributed by atoms with Crippen molar-refractivity contribution < 1.29 is 28.6 Å². The van der Waals surface area contributed by atoms with Gasteiger partial charge in [-0.3, -0.25) is 14.4 Å². The summed E-state index contributed by atoms with van der Waals surface area (Å²) < 4.78 is 16.8. The summed E-state index contributed by atoms with van der Waals surface area (Å²) in [6.07, 6.45) is 62.4. The fourth-order valence-corrected chi connectivity index (χ4v) is 7.77. The van der Waals surface area contributed by atoms with Crippen molar-refractivity contribution in [2.75, 3.05) is 13.2 Å². The molecule has 366 valence electrons. The van der Waals surface area contributed by atoms with Gasteiger partial charge in [-0.15, -0.1) is 0 Å². The highest BCUT2D eigenvalue weighted by Gasteiger charge is 2.19. The summed E-state index contributed by atoms with van der Waals surface area (Å²) >= 11 is 0. The summed E-state index contributed by atoms with van der Waals surface area (Å²) in [5.41, 5.74) is 0. The van der Waals surface area contributed by atoms with Gasteiger partial charge in [0.15, 0.2) is 6.10 Å². The maximum absolute atomic E-state index is 12.8. The molecule has 0 aliphatic rings. The monoisotopic (exact) mass is 883 g/mol. The Morgan fingerprint density at radius 3 is 1.08 bits per heavy atom. The first-order valence-electron chi connectivity index (χ1n) is 27.2. The van der Waals surface area contributed by atoms with Crippen molar-refractivity contribution in [3.63, 3.8) is 0 Å². The van der Waals surface area contributed by atoms with E-state index in [0.717, 1.165) is 77.0 Å². The highest BCUT2D eigenvalue weighted by atomic mass is 16.6. The van der Waals surface area contributed by atoms with E-state index < -0.39 is 6.10 Å². The van der Waals surface area contributed by atoms with Gasteiger partial charge < -0.3 is 14.2 Å². The van der Waals surface area contributed by atoms with Crippen LogP contribution in [0.5, 0.6) is 0 Å². The maximum Gasteiger partial charge on any atom is 0.306 e. The molecule has 0 aliphatic carbocycles. The summed E-state index contributed by atoms with van der Waals surface area (Å²) in [5.74, 6) is -0.877. The molecule has 0 rings (SSSR count). The zero-order valence-corrected chi connectivity index (χ0v) is 41.8. The maximum atomic E-state index is 12.8. The van der Waals surface area contributed by atoms with Crippen LogP contribution in [0.15, 0.2) is 48.6 Å². The van der Waals surface area contributed by atoms with Crippen LogP contribution >= 0.6 is 0 Å². The quantitative estimate of drug-likeness (QED) is 0.0199. The molecule has 0 aromatic carbocycles. The number of carbonyl (C=O) groups is 3. The Morgan fingerprint density at radius 1 is 0.349 bits per heavy atom. The molecule has 1 atom stereocenters. The van der Waals surface area contributed by atoms with E-state index in [-0.39, 0.29) is 31.1 Å². The molecule has 0 amide bonds. The van der Waals surface area contributed by atoms with Crippen LogP contribution in [0.2, 0.25) is 0 Å². The topological polar surface area (TPSA) is 78.9 Å². The van der Waals surface area contributed by atoms with Gasteiger partial charge in [0.1, 0.15) is 13.2 Å². The summed E-state index contributed by atoms with van der Waals surface area (Å²) in [7, 11) is 0. The van der Waals surface area contributed by atoms with E-state index in [1.807, 2.05) is 0 Å². The third-order valence-corrected chi connectivity index (χ3v) is 11.8. The summed E-state index contributed by atoms with van der Waals surface area (Å²) in [5, 5.41) is 0. The minimum absolute atomic E-state index is 0.0748. The molecule has 0 N–H and O–H groups in total. The SMILES string of the molecule is CC/C=C\C/C=C\CCCCCCCCCC(=O)OC(COC(=O)CCCCCCCCCCCC/C=C\C=C/CCCCC)COC(=O)CCCCCCCCCCCCCC. The number of hydrogen-bond donors (Lipinski definition) is 0. The van der Waals surface area contributed by atoms with Gasteiger partial charge >= 0.3 is 17.9 Å². The third kappa shape index (κ3) is 50.2. The zero-order valence-electron chi connectivity index (χ0n) is 41.8. The van der Waals surface area contributed by atoms with Crippen LogP contribution in [0, 0.1) is 0 Å². The smallest absolute Gasteiger partial charge is 0.306 e. The molecule has 6 heteroatoms.